The van der Waals surface area contributed by atoms with Crippen LogP contribution in [0.1, 0.15) is 0 Å². The molecule has 1 aromatic rings. The molecule has 0 unspecified atom stereocenters. The van der Waals surface area contributed by atoms with Gasteiger partial charge in [0.15, 0.2) is 5.75 Å². The number of halogens is 4. The van der Waals surface area contributed by atoms with Crippen molar-refractivity contribution in [2.75, 3.05) is 23.5 Å². The van der Waals surface area contributed by atoms with Crippen molar-refractivity contribution in [3.8, 4) is 5.75 Å². The summed E-state index contributed by atoms with van der Waals surface area (Å²) in [5.41, 5.74) is 0.00368. The molecule has 22 heavy (non-hydrogen) atoms. The van der Waals surface area contributed by atoms with Crippen LogP contribution >= 0.6 is 39.3 Å². The predicted molar refractivity (Wildman–Crippen MR) is 83.5 cm³/mol. The molecule has 1 aromatic carbocycles. The maximum atomic E-state index is 12.5. The van der Waals surface area contributed by atoms with Crippen LogP contribution in [0.5, 0.6) is 5.75 Å². The largest absolute Gasteiger partial charge is 0.431 e. The lowest BCUT2D eigenvalue weighted by atomic mass is 10.3. The van der Waals surface area contributed by atoms with E-state index in [1.54, 1.807) is 0 Å². The zero-order chi connectivity index (χ0) is 16.3. The average molecular weight is 416 g/mol. The summed E-state index contributed by atoms with van der Waals surface area (Å²) in [5.74, 6) is -0.141. The van der Waals surface area contributed by atoms with Gasteiger partial charge in [-0.2, -0.15) is 8.78 Å². The second-order valence-corrected chi connectivity index (χ2v) is 6.51. The number of hydrogen-bond acceptors (Lipinski definition) is 4. The van der Waals surface area contributed by atoms with Gasteiger partial charge in [-0.15, -0.1) is 11.8 Å². The normalized spacial score (nSPS) is 14.6. The number of anilines is 1. The van der Waals surface area contributed by atoms with E-state index in [4.69, 9.17) is 11.6 Å². The minimum Gasteiger partial charge on any atom is -0.431 e. The lowest BCUT2D eigenvalue weighted by molar-refractivity contribution is -0.130. The highest BCUT2D eigenvalue weighted by Crippen LogP contribution is 2.37. The monoisotopic (exact) mass is 414 g/mol. The maximum Gasteiger partial charge on any atom is 0.387 e. The van der Waals surface area contributed by atoms with Gasteiger partial charge in [0.2, 0.25) is 11.8 Å². The smallest absolute Gasteiger partial charge is 0.387 e. The van der Waals surface area contributed by atoms with Gasteiger partial charge in [-0.1, -0.05) is 11.6 Å². The van der Waals surface area contributed by atoms with Crippen LogP contribution in [0.3, 0.4) is 0 Å². The SMILES string of the molecule is O=C(CN1CSCC1=O)Nc1cc(Cl)cc(Br)c1OC(F)F. The molecule has 0 atom stereocenters. The third-order valence-electron chi connectivity index (χ3n) is 2.65. The van der Waals surface area contributed by atoms with E-state index in [1.807, 2.05) is 0 Å². The third kappa shape index (κ3) is 4.47. The van der Waals surface area contributed by atoms with Crippen molar-refractivity contribution in [2.45, 2.75) is 6.61 Å². The van der Waals surface area contributed by atoms with Crippen LogP contribution in [0.25, 0.3) is 0 Å². The Balaban J connectivity index is 2.13. The number of alkyl halides is 2. The highest BCUT2D eigenvalue weighted by atomic mass is 79.9. The number of carbonyl (C=O) groups excluding carboxylic acids is 2. The van der Waals surface area contributed by atoms with Gasteiger partial charge in [0.05, 0.1) is 21.8 Å². The summed E-state index contributed by atoms with van der Waals surface area (Å²) in [6.45, 7) is -3.21. The average Bonchev–Trinajstić information content (AvgIpc) is 2.79. The fraction of sp³-hybridized carbons (Fsp3) is 0.333. The molecule has 1 aliphatic rings. The number of thioether (sulfide) groups is 1. The zero-order valence-corrected chi connectivity index (χ0v) is 14.1. The second kappa shape index (κ2) is 7.47. The van der Waals surface area contributed by atoms with E-state index in [9.17, 15) is 18.4 Å². The number of ether oxygens (including phenoxy) is 1. The Bertz CT molecular complexity index is 606. The maximum absolute atomic E-state index is 12.5. The summed E-state index contributed by atoms with van der Waals surface area (Å²) >= 11 is 10.3. The Hall–Kier alpha value is -1.06. The van der Waals surface area contributed by atoms with Gasteiger partial charge < -0.3 is 15.0 Å². The van der Waals surface area contributed by atoms with Crippen LogP contribution in [-0.4, -0.2) is 41.5 Å². The standard InChI is InChI=1S/C12H10BrClF2N2O3S/c13-7-1-6(14)2-8(11(7)21-12(15)16)17-9(19)3-18-5-22-4-10(18)20/h1-2,12H,3-5H2,(H,17,19). The van der Waals surface area contributed by atoms with Crippen LogP contribution in [0.15, 0.2) is 16.6 Å². The summed E-state index contributed by atoms with van der Waals surface area (Å²) in [7, 11) is 0. The summed E-state index contributed by atoms with van der Waals surface area (Å²) in [5, 5.41) is 2.66. The molecule has 5 nitrogen and oxygen atoms in total. The minimum absolute atomic E-state index is 0.00368. The van der Waals surface area contributed by atoms with Gasteiger partial charge >= 0.3 is 6.61 Å². The second-order valence-electron chi connectivity index (χ2n) is 4.26. The van der Waals surface area contributed by atoms with E-state index in [0.29, 0.717) is 11.6 Å². The summed E-state index contributed by atoms with van der Waals surface area (Å²) in [6.07, 6.45) is 0. The minimum atomic E-state index is -3.05. The number of rotatable bonds is 5. The predicted octanol–water partition coefficient (Wildman–Crippen LogP) is 3.18. The van der Waals surface area contributed by atoms with Crippen molar-refractivity contribution in [3.05, 3.63) is 21.6 Å². The summed E-state index contributed by atoms with van der Waals surface area (Å²) in [6, 6.07) is 2.66. The molecule has 10 heteroatoms. The third-order valence-corrected chi connectivity index (χ3v) is 4.40. The molecule has 1 N–H and O–H groups in total. The van der Waals surface area contributed by atoms with Crippen molar-refractivity contribution in [2.24, 2.45) is 0 Å². The number of nitrogens with zero attached hydrogens (tertiary/aromatic N) is 1. The first-order valence-electron chi connectivity index (χ1n) is 5.96. The van der Waals surface area contributed by atoms with Crippen molar-refractivity contribution in [1.29, 1.82) is 0 Å². The highest BCUT2D eigenvalue weighted by Gasteiger charge is 2.24. The van der Waals surface area contributed by atoms with E-state index in [2.05, 4.69) is 26.0 Å². The molecule has 2 rings (SSSR count). The molecule has 0 radical (unpaired) electrons. The van der Waals surface area contributed by atoms with Crippen molar-refractivity contribution < 1.29 is 23.1 Å². The molecule has 1 aliphatic heterocycles. The van der Waals surface area contributed by atoms with Crippen LogP contribution in [0, 0.1) is 0 Å². The Labute approximate surface area is 142 Å². The molecule has 0 saturated carbocycles. The van der Waals surface area contributed by atoms with Crippen LogP contribution in [-0.2, 0) is 9.59 Å². The van der Waals surface area contributed by atoms with E-state index < -0.39 is 12.5 Å². The Morgan fingerprint density at radius 1 is 1.55 bits per heavy atom. The molecular formula is C12H10BrClF2N2O3S. The van der Waals surface area contributed by atoms with Gasteiger partial charge in [0.25, 0.3) is 0 Å². The van der Waals surface area contributed by atoms with E-state index >= 15 is 0 Å². The van der Waals surface area contributed by atoms with Gasteiger partial charge in [-0.3, -0.25) is 9.59 Å². The quantitative estimate of drug-likeness (QED) is 0.802. The Morgan fingerprint density at radius 3 is 2.86 bits per heavy atom. The number of carbonyl (C=O) groups is 2. The number of hydrogen-bond donors (Lipinski definition) is 1. The molecule has 0 spiro atoms. The van der Waals surface area contributed by atoms with Crippen LogP contribution < -0.4 is 10.1 Å². The van der Waals surface area contributed by atoms with Gasteiger partial charge in [-0.05, 0) is 28.1 Å². The highest BCUT2D eigenvalue weighted by molar-refractivity contribution is 9.10. The Kier molecular flexibility index (Phi) is 5.87. The first kappa shape index (κ1) is 17.3. The van der Waals surface area contributed by atoms with E-state index in [1.165, 1.54) is 28.8 Å². The van der Waals surface area contributed by atoms with E-state index in [0.717, 1.165) is 0 Å². The summed E-state index contributed by atoms with van der Waals surface area (Å²) in [4.78, 5) is 24.8. The summed E-state index contributed by atoms with van der Waals surface area (Å²) < 4.78 is 29.5. The fourth-order valence-electron chi connectivity index (χ4n) is 1.77. The Morgan fingerprint density at radius 2 is 2.27 bits per heavy atom. The van der Waals surface area contributed by atoms with Gasteiger partial charge in [-0.25, -0.2) is 0 Å². The number of amides is 2. The van der Waals surface area contributed by atoms with Gasteiger partial charge in [0, 0.05) is 5.02 Å². The molecular weight excluding hydrogens is 406 g/mol. The van der Waals surface area contributed by atoms with Crippen molar-refractivity contribution in [3.63, 3.8) is 0 Å². The molecule has 0 aliphatic carbocycles. The zero-order valence-electron chi connectivity index (χ0n) is 10.9. The fourth-order valence-corrected chi connectivity index (χ4v) is 3.57. The molecule has 1 saturated heterocycles. The van der Waals surface area contributed by atoms with E-state index in [-0.39, 0.29) is 33.4 Å². The van der Waals surface area contributed by atoms with Crippen LogP contribution in [0.2, 0.25) is 5.02 Å². The van der Waals surface area contributed by atoms with Gasteiger partial charge in [0.1, 0.15) is 6.54 Å². The molecule has 0 aromatic heterocycles. The van der Waals surface area contributed by atoms with Crippen LogP contribution in [0.4, 0.5) is 14.5 Å². The lowest BCUT2D eigenvalue weighted by Crippen LogP contribution is -2.34. The molecule has 0 bridgehead atoms. The number of benzene rings is 1. The topological polar surface area (TPSA) is 58.6 Å². The molecule has 120 valence electrons. The molecule has 1 heterocycles. The first-order chi connectivity index (χ1) is 10.4. The van der Waals surface area contributed by atoms with Crippen molar-refractivity contribution in [1.82, 2.24) is 4.90 Å². The molecule has 1 fully saturated rings. The number of nitrogens with one attached hydrogen (secondary N) is 1. The lowest BCUT2D eigenvalue weighted by Gasteiger charge is -2.17. The van der Waals surface area contributed by atoms with Crippen molar-refractivity contribution >= 4 is 56.8 Å². The molecule has 2 amide bonds. The first-order valence-corrected chi connectivity index (χ1v) is 8.28.